The summed E-state index contributed by atoms with van der Waals surface area (Å²) in [5.74, 6) is 0.977. The van der Waals surface area contributed by atoms with Crippen molar-refractivity contribution < 1.29 is 33.7 Å². The van der Waals surface area contributed by atoms with E-state index in [-0.39, 0.29) is 70.5 Å². The molecule has 0 radical (unpaired) electrons. The van der Waals surface area contributed by atoms with Gasteiger partial charge in [-0.1, -0.05) is 39.0 Å². The second-order valence-corrected chi connectivity index (χ2v) is 16.2. The molecule has 0 saturated heterocycles. The van der Waals surface area contributed by atoms with Crippen LogP contribution in [0.15, 0.2) is 30.3 Å². The minimum absolute atomic E-state index is 0.000694. The molecule has 0 heterocycles. The fraction of sp³-hybridized carbons (Fsp3) is 0.757. The summed E-state index contributed by atoms with van der Waals surface area (Å²) in [6.45, 7) is 12.5. The standard InChI is InChI=1S/C37H56N2O7/c1-22(13-16-31(41)44-7)26-14-15-27-32-28(21-30(37(26,27)6)45-33(42)38-24-11-9-8-10-12-24)36(5)18-17-25(19-23(36)20-29(32)40)39-34(43)46-35(2,3)4/h8-12,22-23,25-30,32,40H,13-21H2,1-7H3,(H,38,42)(H,39,43)/t22-,23+,25-,26-,27+,28+,29-,30+,32+,36+,37-/m1/s1. The Hall–Kier alpha value is -2.81. The van der Waals surface area contributed by atoms with E-state index in [2.05, 4.69) is 31.4 Å². The van der Waals surface area contributed by atoms with Crippen LogP contribution < -0.4 is 10.6 Å². The van der Waals surface area contributed by atoms with Crippen molar-refractivity contribution in [2.75, 3.05) is 12.4 Å². The molecule has 0 aromatic heterocycles. The molecule has 0 bridgehead atoms. The second-order valence-electron chi connectivity index (χ2n) is 16.2. The lowest BCUT2D eigenvalue weighted by atomic mass is 9.43. The lowest BCUT2D eigenvalue weighted by Crippen LogP contribution is -2.63. The molecule has 9 heteroatoms. The first-order valence-corrected chi connectivity index (χ1v) is 17.4. The van der Waals surface area contributed by atoms with Crippen LogP contribution in [0.1, 0.15) is 99.3 Å². The van der Waals surface area contributed by atoms with E-state index in [9.17, 15) is 19.5 Å². The maximum Gasteiger partial charge on any atom is 0.411 e. The van der Waals surface area contributed by atoms with E-state index >= 15 is 0 Å². The summed E-state index contributed by atoms with van der Waals surface area (Å²) >= 11 is 0. The van der Waals surface area contributed by atoms with Crippen LogP contribution in [-0.2, 0) is 19.0 Å². The lowest BCUT2D eigenvalue weighted by Gasteiger charge is -2.64. The number of hydrogen-bond acceptors (Lipinski definition) is 7. The number of rotatable bonds is 7. The zero-order chi connectivity index (χ0) is 33.4. The van der Waals surface area contributed by atoms with Crippen LogP contribution in [0, 0.1) is 46.3 Å². The zero-order valence-electron chi connectivity index (χ0n) is 28.8. The Morgan fingerprint density at radius 1 is 1.00 bits per heavy atom. The minimum Gasteiger partial charge on any atom is -0.469 e. The highest BCUT2D eigenvalue weighted by Gasteiger charge is 2.67. The summed E-state index contributed by atoms with van der Waals surface area (Å²) < 4.78 is 17.0. The Morgan fingerprint density at radius 2 is 1.72 bits per heavy atom. The number of ether oxygens (including phenoxy) is 3. The number of nitrogens with one attached hydrogen (secondary N) is 2. The predicted octanol–water partition coefficient (Wildman–Crippen LogP) is 7.33. The number of esters is 1. The van der Waals surface area contributed by atoms with Gasteiger partial charge in [-0.15, -0.1) is 0 Å². The van der Waals surface area contributed by atoms with Crippen molar-refractivity contribution >= 4 is 23.8 Å². The number of amides is 2. The number of aliphatic hydroxyl groups excluding tert-OH is 1. The number of carbonyl (C=O) groups excluding carboxylic acids is 3. The van der Waals surface area contributed by atoms with Crippen molar-refractivity contribution in [1.82, 2.24) is 5.32 Å². The molecule has 0 aliphatic heterocycles. The van der Waals surface area contributed by atoms with Crippen LogP contribution in [-0.4, -0.2) is 54.2 Å². The molecule has 1 aromatic carbocycles. The van der Waals surface area contributed by atoms with Crippen molar-refractivity contribution in [2.24, 2.45) is 46.3 Å². The fourth-order valence-corrected chi connectivity index (χ4v) is 10.4. The number of para-hydroxylation sites is 1. The van der Waals surface area contributed by atoms with Crippen LogP contribution in [0.4, 0.5) is 15.3 Å². The average Bonchev–Trinajstić information content (AvgIpc) is 3.34. The summed E-state index contributed by atoms with van der Waals surface area (Å²) in [5.41, 5.74) is -0.268. The zero-order valence-corrected chi connectivity index (χ0v) is 28.8. The van der Waals surface area contributed by atoms with E-state index in [1.54, 1.807) is 0 Å². The van der Waals surface area contributed by atoms with Gasteiger partial charge in [0.05, 0.1) is 13.2 Å². The van der Waals surface area contributed by atoms with Crippen molar-refractivity contribution in [3.63, 3.8) is 0 Å². The molecule has 9 nitrogen and oxygen atoms in total. The normalized spacial score (nSPS) is 37.5. The minimum atomic E-state index is -0.561. The van der Waals surface area contributed by atoms with Gasteiger partial charge in [0, 0.05) is 23.6 Å². The molecule has 0 spiro atoms. The quantitative estimate of drug-likeness (QED) is 0.211. The Morgan fingerprint density at radius 3 is 2.39 bits per heavy atom. The molecule has 256 valence electrons. The molecule has 4 aliphatic carbocycles. The topological polar surface area (TPSA) is 123 Å². The first-order valence-electron chi connectivity index (χ1n) is 17.4. The van der Waals surface area contributed by atoms with Gasteiger partial charge in [-0.3, -0.25) is 10.1 Å². The van der Waals surface area contributed by atoms with Crippen LogP contribution in [0.5, 0.6) is 0 Å². The third kappa shape index (κ3) is 6.90. The lowest BCUT2D eigenvalue weighted by molar-refractivity contribution is -0.201. The van der Waals surface area contributed by atoms with E-state index in [0.717, 1.165) is 32.1 Å². The van der Waals surface area contributed by atoms with Crippen LogP contribution >= 0.6 is 0 Å². The molecule has 4 fully saturated rings. The molecular weight excluding hydrogens is 584 g/mol. The van der Waals surface area contributed by atoms with E-state index in [1.807, 2.05) is 51.1 Å². The predicted molar refractivity (Wildman–Crippen MR) is 176 cm³/mol. The van der Waals surface area contributed by atoms with Crippen molar-refractivity contribution in [3.8, 4) is 0 Å². The maximum atomic E-state index is 13.5. The average molecular weight is 641 g/mol. The Labute approximate surface area is 274 Å². The number of methoxy groups -OCH3 is 1. The first kappa shape index (κ1) is 34.5. The summed E-state index contributed by atoms with van der Waals surface area (Å²) in [7, 11) is 1.43. The molecule has 4 aliphatic rings. The highest BCUT2D eigenvalue weighted by atomic mass is 16.6. The summed E-state index contributed by atoms with van der Waals surface area (Å²) in [5, 5.41) is 18.0. The largest absolute Gasteiger partial charge is 0.469 e. The van der Waals surface area contributed by atoms with Crippen molar-refractivity contribution in [2.45, 2.75) is 123 Å². The highest BCUT2D eigenvalue weighted by molar-refractivity contribution is 5.84. The second kappa shape index (κ2) is 13.4. The number of fused-ring (bicyclic) bond motifs is 5. The Kier molecular flexibility index (Phi) is 10.0. The monoisotopic (exact) mass is 640 g/mol. The van der Waals surface area contributed by atoms with Gasteiger partial charge in [0.25, 0.3) is 0 Å². The van der Waals surface area contributed by atoms with E-state index < -0.39 is 17.8 Å². The Balaban J connectivity index is 1.40. The van der Waals surface area contributed by atoms with Gasteiger partial charge in [0.2, 0.25) is 0 Å². The van der Waals surface area contributed by atoms with Crippen LogP contribution in [0.3, 0.4) is 0 Å². The molecular formula is C37H56N2O7. The third-order valence-corrected chi connectivity index (χ3v) is 12.5. The van der Waals surface area contributed by atoms with E-state index in [4.69, 9.17) is 14.2 Å². The smallest absolute Gasteiger partial charge is 0.411 e. The van der Waals surface area contributed by atoms with Gasteiger partial charge >= 0.3 is 18.2 Å². The molecule has 5 rings (SSSR count). The maximum absolute atomic E-state index is 13.5. The van der Waals surface area contributed by atoms with Gasteiger partial charge < -0.3 is 24.6 Å². The van der Waals surface area contributed by atoms with E-state index in [1.165, 1.54) is 7.11 Å². The van der Waals surface area contributed by atoms with Gasteiger partial charge in [-0.25, -0.2) is 9.59 Å². The number of alkyl carbamates (subject to hydrolysis) is 1. The molecule has 46 heavy (non-hydrogen) atoms. The van der Waals surface area contributed by atoms with Crippen molar-refractivity contribution in [1.29, 1.82) is 0 Å². The van der Waals surface area contributed by atoms with E-state index in [0.29, 0.717) is 31.4 Å². The van der Waals surface area contributed by atoms with Crippen LogP contribution in [0.2, 0.25) is 0 Å². The van der Waals surface area contributed by atoms with Gasteiger partial charge in [-0.2, -0.15) is 0 Å². The molecule has 3 N–H and O–H groups in total. The SMILES string of the molecule is COC(=O)CC[C@@H](C)[C@H]1CC[C@H]2[C@@H]3[C@H](O)C[C@@H]4C[C@H](NC(=O)OC(C)(C)C)CC[C@]4(C)[C@H]3C[C@H](OC(=O)Nc3ccccc3)[C@]12C. The van der Waals surface area contributed by atoms with Crippen molar-refractivity contribution in [3.05, 3.63) is 30.3 Å². The number of anilines is 1. The van der Waals surface area contributed by atoms with Gasteiger partial charge in [0.1, 0.15) is 11.7 Å². The molecule has 0 unspecified atom stereocenters. The molecule has 11 atom stereocenters. The summed E-state index contributed by atoms with van der Waals surface area (Å²) in [6.07, 6.45) is 5.34. The molecule has 1 aromatic rings. The number of hydrogen-bond donors (Lipinski definition) is 3. The summed E-state index contributed by atoms with van der Waals surface area (Å²) in [6, 6.07) is 9.37. The molecule has 4 saturated carbocycles. The molecule has 2 amide bonds. The Bertz CT molecular complexity index is 1250. The number of carbonyl (C=O) groups is 3. The third-order valence-electron chi connectivity index (χ3n) is 12.5. The fourth-order valence-electron chi connectivity index (χ4n) is 10.4. The van der Waals surface area contributed by atoms with Gasteiger partial charge in [0.15, 0.2) is 0 Å². The highest BCUT2D eigenvalue weighted by Crippen LogP contribution is 2.69. The number of aliphatic hydroxyl groups is 1. The van der Waals surface area contributed by atoms with Gasteiger partial charge in [-0.05, 0) is 125 Å². The first-order chi connectivity index (χ1) is 21.7. The number of benzene rings is 1. The van der Waals surface area contributed by atoms with Crippen LogP contribution in [0.25, 0.3) is 0 Å². The summed E-state index contributed by atoms with van der Waals surface area (Å²) in [4.78, 5) is 38.2.